The van der Waals surface area contributed by atoms with Gasteiger partial charge in [0.25, 0.3) is 17.7 Å². The zero-order valence-electron chi connectivity index (χ0n) is 29.5. The third kappa shape index (κ3) is 6.16. The monoisotopic (exact) mass is 726 g/mol. The van der Waals surface area contributed by atoms with Crippen molar-refractivity contribution in [2.24, 2.45) is 5.92 Å². The van der Waals surface area contributed by atoms with Crippen LogP contribution in [0.15, 0.2) is 109 Å². The molecule has 2 N–H and O–H groups in total. The number of hydrogen-bond donors (Lipinski definition) is 2. The molecular formula is C41H38N6O7. The molecule has 0 radical (unpaired) electrons. The van der Waals surface area contributed by atoms with Gasteiger partial charge in [0.05, 0.1) is 29.3 Å². The molecule has 3 aliphatic rings. The number of anilines is 5. The maximum atomic E-state index is 14.6. The maximum Gasteiger partial charge on any atom is 0.269 e. The number of carbonyl (C=O) groups excluding carboxylic acids is 3. The summed E-state index contributed by atoms with van der Waals surface area (Å²) in [5.41, 5.74) is 2.66. The Bertz CT molecular complexity index is 2290. The van der Waals surface area contributed by atoms with Crippen molar-refractivity contribution in [3.63, 3.8) is 0 Å². The summed E-state index contributed by atoms with van der Waals surface area (Å²) >= 11 is 0. The van der Waals surface area contributed by atoms with Crippen LogP contribution in [0.5, 0.6) is 11.5 Å². The van der Waals surface area contributed by atoms with Gasteiger partial charge < -0.3 is 24.6 Å². The van der Waals surface area contributed by atoms with Gasteiger partial charge in [-0.15, -0.1) is 5.10 Å². The van der Waals surface area contributed by atoms with Crippen LogP contribution < -0.4 is 24.2 Å². The summed E-state index contributed by atoms with van der Waals surface area (Å²) in [6, 6.07) is 27.2. The molecule has 13 heteroatoms. The Morgan fingerprint density at radius 1 is 0.833 bits per heavy atom. The molecule has 54 heavy (non-hydrogen) atoms. The molecule has 3 aliphatic heterocycles. The molecule has 4 aromatic carbocycles. The predicted molar refractivity (Wildman–Crippen MR) is 200 cm³/mol. The molecule has 2 atom stereocenters. The minimum atomic E-state index is -1.98. The number of allylic oxidation sites excluding steroid dienone is 1. The number of amides is 3. The lowest BCUT2D eigenvalue weighted by Crippen LogP contribution is -2.44. The molecule has 0 aliphatic carbocycles. The second-order valence-electron chi connectivity index (χ2n) is 13.5. The van der Waals surface area contributed by atoms with Crippen molar-refractivity contribution in [1.29, 1.82) is 0 Å². The van der Waals surface area contributed by atoms with Crippen molar-refractivity contribution in [2.75, 3.05) is 34.5 Å². The second kappa shape index (κ2) is 14.3. The van der Waals surface area contributed by atoms with Crippen molar-refractivity contribution >= 4 is 46.2 Å². The summed E-state index contributed by atoms with van der Waals surface area (Å²) in [5, 5.41) is 30.0. The number of aromatic nitrogens is 3. The fourth-order valence-electron chi connectivity index (χ4n) is 7.30. The van der Waals surface area contributed by atoms with Crippen LogP contribution in [0.25, 0.3) is 0 Å². The first kappa shape index (κ1) is 34.8. The van der Waals surface area contributed by atoms with Crippen LogP contribution in [0.3, 0.4) is 0 Å². The normalized spacial score (nSPS) is 18.4. The van der Waals surface area contributed by atoms with E-state index in [1.54, 1.807) is 62.8 Å². The van der Waals surface area contributed by atoms with Crippen LogP contribution in [-0.4, -0.2) is 62.7 Å². The SMILES string of the molecule is C[C@H](/C=C/CCn1cc(CCO)nn1)[C@@]1(O)C(=O)N(Cc2cccc(N3C(=O)COc4ccccc43)c2)c2ccc(N3C(=O)COc4ccccc43)cc21. The van der Waals surface area contributed by atoms with Gasteiger partial charge in [-0.3, -0.25) is 28.9 Å². The molecule has 13 nitrogen and oxygen atoms in total. The Morgan fingerprint density at radius 3 is 2.19 bits per heavy atom. The number of aliphatic hydroxyl groups excluding tert-OH is 1. The molecule has 0 saturated carbocycles. The van der Waals surface area contributed by atoms with E-state index in [9.17, 15) is 24.6 Å². The van der Waals surface area contributed by atoms with Crippen LogP contribution in [0, 0.1) is 5.92 Å². The zero-order chi connectivity index (χ0) is 37.4. The second-order valence-corrected chi connectivity index (χ2v) is 13.5. The van der Waals surface area contributed by atoms with E-state index in [2.05, 4.69) is 10.3 Å². The Kier molecular flexibility index (Phi) is 9.18. The maximum absolute atomic E-state index is 14.6. The van der Waals surface area contributed by atoms with Gasteiger partial charge in [-0.05, 0) is 66.6 Å². The number of benzene rings is 4. The smallest absolute Gasteiger partial charge is 0.269 e. The van der Waals surface area contributed by atoms with Gasteiger partial charge in [0, 0.05) is 48.6 Å². The lowest BCUT2D eigenvalue weighted by atomic mass is 9.82. The van der Waals surface area contributed by atoms with Gasteiger partial charge in [-0.2, -0.15) is 0 Å². The minimum absolute atomic E-state index is 0.0113. The quantitative estimate of drug-likeness (QED) is 0.181. The molecule has 4 heterocycles. The molecular weight excluding hydrogens is 688 g/mol. The van der Waals surface area contributed by atoms with Crippen molar-refractivity contribution in [3.8, 4) is 11.5 Å². The summed E-state index contributed by atoms with van der Waals surface area (Å²) < 4.78 is 13.0. The van der Waals surface area contributed by atoms with E-state index < -0.39 is 17.4 Å². The number of hydrogen-bond acceptors (Lipinski definition) is 9. The fraction of sp³-hybridized carbons (Fsp3) is 0.244. The Labute approximate surface area is 311 Å². The van der Waals surface area contributed by atoms with Gasteiger partial charge in [-0.25, -0.2) is 0 Å². The first-order valence-corrected chi connectivity index (χ1v) is 17.8. The third-order valence-corrected chi connectivity index (χ3v) is 10.00. The summed E-state index contributed by atoms with van der Waals surface area (Å²) in [5.74, 6) is -0.529. The molecule has 5 aromatic rings. The molecule has 0 fully saturated rings. The van der Waals surface area contributed by atoms with Gasteiger partial charge in [0.15, 0.2) is 18.8 Å². The lowest BCUT2D eigenvalue weighted by molar-refractivity contribution is -0.139. The third-order valence-electron chi connectivity index (χ3n) is 10.00. The Balaban J connectivity index is 1.13. The van der Waals surface area contributed by atoms with Crippen LogP contribution in [-0.2, 0) is 39.5 Å². The predicted octanol–water partition coefficient (Wildman–Crippen LogP) is 4.94. The van der Waals surface area contributed by atoms with E-state index in [1.807, 2.05) is 72.8 Å². The fourth-order valence-corrected chi connectivity index (χ4v) is 7.30. The summed E-state index contributed by atoms with van der Waals surface area (Å²) in [6.07, 6.45) is 6.48. The van der Waals surface area contributed by atoms with Crippen molar-refractivity contribution in [1.82, 2.24) is 15.0 Å². The summed E-state index contributed by atoms with van der Waals surface area (Å²) in [4.78, 5) is 45.8. The molecule has 0 unspecified atom stereocenters. The average molecular weight is 727 g/mol. The Hall–Kier alpha value is -6.31. The van der Waals surface area contributed by atoms with E-state index in [1.165, 1.54) is 0 Å². The zero-order valence-corrected chi connectivity index (χ0v) is 29.5. The first-order chi connectivity index (χ1) is 26.3. The van der Waals surface area contributed by atoms with E-state index in [0.717, 1.165) is 5.56 Å². The highest BCUT2D eigenvalue weighted by atomic mass is 16.5. The number of para-hydroxylation sites is 4. The van der Waals surface area contributed by atoms with Gasteiger partial charge in [0.1, 0.15) is 11.5 Å². The van der Waals surface area contributed by atoms with E-state index in [0.29, 0.717) is 70.6 Å². The topological polar surface area (TPSA) is 151 Å². The summed E-state index contributed by atoms with van der Waals surface area (Å²) in [6.45, 7) is 2.16. The summed E-state index contributed by atoms with van der Waals surface area (Å²) in [7, 11) is 0. The van der Waals surface area contributed by atoms with Crippen LogP contribution in [0.4, 0.5) is 28.4 Å². The van der Waals surface area contributed by atoms with E-state index in [-0.39, 0.29) is 38.2 Å². The minimum Gasteiger partial charge on any atom is -0.482 e. The number of ether oxygens (including phenoxy) is 2. The van der Waals surface area contributed by atoms with Crippen LogP contribution in [0.2, 0.25) is 0 Å². The number of nitrogens with zero attached hydrogens (tertiary/aromatic N) is 6. The highest BCUT2D eigenvalue weighted by Gasteiger charge is 2.53. The number of fused-ring (bicyclic) bond motifs is 3. The molecule has 0 spiro atoms. The first-order valence-electron chi connectivity index (χ1n) is 17.8. The molecule has 274 valence electrons. The highest BCUT2D eigenvalue weighted by molar-refractivity contribution is 6.09. The Morgan fingerprint density at radius 2 is 1.50 bits per heavy atom. The van der Waals surface area contributed by atoms with Crippen LogP contribution in [0.1, 0.15) is 30.2 Å². The number of aliphatic hydroxyl groups is 2. The molecule has 3 amide bonds. The lowest BCUT2D eigenvalue weighted by Gasteiger charge is -2.31. The molecule has 0 saturated heterocycles. The number of carbonyl (C=O) groups is 3. The molecule has 0 bridgehead atoms. The van der Waals surface area contributed by atoms with Gasteiger partial charge in [0.2, 0.25) is 0 Å². The van der Waals surface area contributed by atoms with Crippen molar-refractivity contribution in [2.45, 2.75) is 38.5 Å². The number of rotatable bonds is 11. The van der Waals surface area contributed by atoms with E-state index >= 15 is 0 Å². The average Bonchev–Trinajstić information content (AvgIpc) is 3.72. The van der Waals surface area contributed by atoms with Crippen LogP contribution >= 0.6 is 0 Å². The van der Waals surface area contributed by atoms with Gasteiger partial charge >= 0.3 is 0 Å². The van der Waals surface area contributed by atoms with E-state index in [4.69, 9.17) is 9.47 Å². The molecule has 8 rings (SSSR count). The van der Waals surface area contributed by atoms with Crippen molar-refractivity contribution in [3.05, 3.63) is 126 Å². The molecule has 1 aromatic heterocycles. The standard InChI is InChI=1S/C41H38N6O7/c1-27(9-6-7-19-44-24-29(18-20-48)42-43-44)41(52)32-22-31(47-35-13-3-5-15-37(35)54-26-39(47)50)16-17-33(32)45(40(41)51)23-28-10-8-11-30(21-28)46-34-12-2-4-14-36(34)53-25-38(46)49/h2-6,8-17,21-22,24,27,48,52H,7,18-20,23,25-26H2,1H3/b9-6+/t27-,41+/m1/s1. The van der Waals surface area contributed by atoms with Gasteiger partial charge in [-0.1, -0.05) is 60.7 Å². The number of aryl methyl sites for hydroxylation is 1. The largest absolute Gasteiger partial charge is 0.482 e. The van der Waals surface area contributed by atoms with Crippen molar-refractivity contribution < 1.29 is 34.1 Å². The highest BCUT2D eigenvalue weighted by Crippen LogP contribution is 2.49.